The molecule has 0 radical (unpaired) electrons. The molecule has 0 saturated carbocycles. The Hall–Kier alpha value is -1.26. The quantitative estimate of drug-likeness (QED) is 0.830. The fourth-order valence-electron chi connectivity index (χ4n) is 2.23. The zero-order valence-corrected chi connectivity index (χ0v) is 11.4. The summed E-state index contributed by atoms with van der Waals surface area (Å²) in [5, 5.41) is 0.357. The molecule has 1 fully saturated rings. The van der Waals surface area contributed by atoms with Crippen molar-refractivity contribution >= 4 is 23.2 Å². The molecule has 1 unspecified atom stereocenters. The van der Waals surface area contributed by atoms with Crippen LogP contribution in [0, 0.1) is 0 Å². The van der Waals surface area contributed by atoms with Crippen LogP contribution < -0.4 is 5.73 Å². The standard InChI is InChI=1S/C13H18ClN3O/c1-16(2)9-6-7-17(8-9)13(18)10-4-3-5-11(15)12(10)14/h3-5,9H,6-8,15H2,1-2H3. The van der Waals surface area contributed by atoms with E-state index in [0.29, 0.717) is 22.3 Å². The van der Waals surface area contributed by atoms with E-state index in [1.54, 1.807) is 18.2 Å². The number of likely N-dealkylation sites (tertiary alicyclic amines) is 1. The molecule has 0 aliphatic carbocycles. The SMILES string of the molecule is CN(C)C1CCN(C(=O)c2cccc(N)c2Cl)C1. The highest BCUT2D eigenvalue weighted by Gasteiger charge is 2.29. The van der Waals surface area contributed by atoms with E-state index in [1.165, 1.54) is 0 Å². The van der Waals surface area contributed by atoms with Crippen LogP contribution in [0.25, 0.3) is 0 Å². The van der Waals surface area contributed by atoms with Crippen molar-refractivity contribution in [1.82, 2.24) is 9.80 Å². The third kappa shape index (κ3) is 2.44. The van der Waals surface area contributed by atoms with Crippen molar-refractivity contribution in [3.8, 4) is 0 Å². The summed E-state index contributed by atoms with van der Waals surface area (Å²) in [6, 6.07) is 5.61. The maximum absolute atomic E-state index is 12.4. The van der Waals surface area contributed by atoms with Crippen LogP contribution in [0.4, 0.5) is 5.69 Å². The third-order valence-corrected chi connectivity index (χ3v) is 3.86. The molecular formula is C13H18ClN3O. The Kier molecular flexibility index (Phi) is 3.78. The van der Waals surface area contributed by atoms with Gasteiger partial charge >= 0.3 is 0 Å². The molecule has 1 saturated heterocycles. The molecule has 1 aromatic carbocycles. The summed E-state index contributed by atoms with van der Waals surface area (Å²) in [7, 11) is 4.07. The normalized spacial score (nSPS) is 19.6. The van der Waals surface area contributed by atoms with Crippen LogP contribution in [0.1, 0.15) is 16.8 Å². The van der Waals surface area contributed by atoms with Gasteiger partial charge in [-0.3, -0.25) is 4.79 Å². The van der Waals surface area contributed by atoms with Crippen molar-refractivity contribution in [2.75, 3.05) is 32.9 Å². The monoisotopic (exact) mass is 267 g/mol. The predicted octanol–water partition coefficient (Wildman–Crippen LogP) is 1.70. The summed E-state index contributed by atoms with van der Waals surface area (Å²) in [5.74, 6) is -0.0309. The lowest BCUT2D eigenvalue weighted by atomic mass is 10.2. The second-order valence-electron chi connectivity index (χ2n) is 4.87. The summed E-state index contributed by atoms with van der Waals surface area (Å²) in [6.07, 6.45) is 0.999. The van der Waals surface area contributed by atoms with Crippen molar-refractivity contribution < 1.29 is 4.79 Å². The van der Waals surface area contributed by atoms with E-state index in [-0.39, 0.29) is 5.91 Å². The van der Waals surface area contributed by atoms with Crippen LogP contribution >= 0.6 is 11.6 Å². The lowest BCUT2D eigenvalue weighted by Gasteiger charge is -2.21. The van der Waals surface area contributed by atoms with Gasteiger partial charge in [0.2, 0.25) is 0 Å². The number of nitrogens with zero attached hydrogens (tertiary/aromatic N) is 2. The van der Waals surface area contributed by atoms with Gasteiger partial charge in [0, 0.05) is 19.1 Å². The van der Waals surface area contributed by atoms with Gasteiger partial charge in [0.25, 0.3) is 5.91 Å². The molecule has 0 spiro atoms. The Morgan fingerprint density at radius 1 is 1.50 bits per heavy atom. The van der Waals surface area contributed by atoms with Crippen molar-refractivity contribution in [2.24, 2.45) is 0 Å². The summed E-state index contributed by atoms with van der Waals surface area (Å²) >= 11 is 6.08. The number of amides is 1. The number of anilines is 1. The van der Waals surface area contributed by atoms with E-state index < -0.39 is 0 Å². The highest BCUT2D eigenvalue weighted by molar-refractivity contribution is 6.36. The maximum Gasteiger partial charge on any atom is 0.255 e. The second-order valence-corrected chi connectivity index (χ2v) is 5.24. The molecule has 98 valence electrons. The minimum Gasteiger partial charge on any atom is -0.398 e. The van der Waals surface area contributed by atoms with Gasteiger partial charge in [-0.25, -0.2) is 0 Å². The first-order valence-electron chi connectivity index (χ1n) is 6.00. The highest BCUT2D eigenvalue weighted by atomic mass is 35.5. The number of halogens is 1. The summed E-state index contributed by atoms with van der Waals surface area (Å²) in [5.41, 5.74) is 6.67. The molecule has 1 aliphatic rings. The Labute approximate surface area is 112 Å². The average Bonchev–Trinajstić information content (AvgIpc) is 2.81. The minimum absolute atomic E-state index is 0.0309. The number of nitrogen functional groups attached to an aromatic ring is 1. The summed E-state index contributed by atoms with van der Waals surface area (Å²) in [4.78, 5) is 16.3. The molecule has 0 aromatic heterocycles. The van der Waals surface area contributed by atoms with E-state index in [1.807, 2.05) is 19.0 Å². The second kappa shape index (κ2) is 5.16. The smallest absolute Gasteiger partial charge is 0.255 e. The Bertz CT molecular complexity index is 462. The fraction of sp³-hybridized carbons (Fsp3) is 0.462. The number of hydrogen-bond donors (Lipinski definition) is 1. The molecule has 4 nitrogen and oxygen atoms in total. The number of hydrogen-bond acceptors (Lipinski definition) is 3. The average molecular weight is 268 g/mol. The maximum atomic E-state index is 12.4. The van der Waals surface area contributed by atoms with E-state index >= 15 is 0 Å². The van der Waals surface area contributed by atoms with E-state index in [4.69, 9.17) is 17.3 Å². The predicted molar refractivity (Wildman–Crippen MR) is 73.9 cm³/mol. The molecular weight excluding hydrogens is 250 g/mol. The van der Waals surface area contributed by atoms with Gasteiger partial charge in [-0.15, -0.1) is 0 Å². The number of rotatable bonds is 2. The van der Waals surface area contributed by atoms with Crippen LogP contribution in [-0.2, 0) is 0 Å². The van der Waals surface area contributed by atoms with Crippen LogP contribution in [0.3, 0.4) is 0 Å². The van der Waals surface area contributed by atoms with Gasteiger partial charge < -0.3 is 15.5 Å². The molecule has 2 N–H and O–H groups in total. The third-order valence-electron chi connectivity index (χ3n) is 3.44. The van der Waals surface area contributed by atoms with Gasteiger partial charge in [-0.1, -0.05) is 17.7 Å². The van der Waals surface area contributed by atoms with Gasteiger partial charge in [0.1, 0.15) is 0 Å². The Morgan fingerprint density at radius 3 is 2.83 bits per heavy atom. The fourth-order valence-corrected chi connectivity index (χ4v) is 2.44. The van der Waals surface area contributed by atoms with Crippen molar-refractivity contribution in [3.63, 3.8) is 0 Å². The van der Waals surface area contributed by atoms with Crippen LogP contribution in [0.15, 0.2) is 18.2 Å². The number of likely N-dealkylation sites (N-methyl/N-ethyl adjacent to an activating group) is 1. The molecule has 5 heteroatoms. The summed E-state index contributed by atoms with van der Waals surface area (Å²) < 4.78 is 0. The van der Waals surface area contributed by atoms with E-state index in [0.717, 1.165) is 19.5 Å². The molecule has 1 aromatic rings. The molecule has 18 heavy (non-hydrogen) atoms. The molecule has 1 amide bonds. The minimum atomic E-state index is -0.0309. The molecule has 0 bridgehead atoms. The first-order chi connectivity index (χ1) is 8.50. The van der Waals surface area contributed by atoms with Crippen molar-refractivity contribution in [2.45, 2.75) is 12.5 Å². The first kappa shape index (κ1) is 13.2. The van der Waals surface area contributed by atoms with Crippen molar-refractivity contribution in [1.29, 1.82) is 0 Å². The molecule has 1 heterocycles. The largest absolute Gasteiger partial charge is 0.398 e. The Balaban J connectivity index is 2.16. The van der Waals surface area contributed by atoms with Crippen LogP contribution in [0.5, 0.6) is 0 Å². The Morgan fingerprint density at radius 2 is 2.22 bits per heavy atom. The molecule has 1 atom stereocenters. The number of nitrogens with two attached hydrogens (primary N) is 1. The van der Waals surface area contributed by atoms with Gasteiger partial charge in [0.15, 0.2) is 0 Å². The lowest BCUT2D eigenvalue weighted by molar-refractivity contribution is 0.0783. The number of carbonyl (C=O) groups excluding carboxylic acids is 1. The zero-order valence-electron chi connectivity index (χ0n) is 10.7. The molecule has 2 rings (SSSR count). The number of benzene rings is 1. The van der Waals surface area contributed by atoms with Crippen molar-refractivity contribution in [3.05, 3.63) is 28.8 Å². The van der Waals surface area contributed by atoms with E-state index in [2.05, 4.69) is 4.90 Å². The topological polar surface area (TPSA) is 49.6 Å². The van der Waals surface area contributed by atoms with Crippen LogP contribution in [-0.4, -0.2) is 48.9 Å². The van der Waals surface area contributed by atoms with E-state index in [9.17, 15) is 4.79 Å². The van der Waals surface area contributed by atoms with Crippen LogP contribution in [0.2, 0.25) is 5.02 Å². The summed E-state index contributed by atoms with van der Waals surface area (Å²) in [6.45, 7) is 1.52. The van der Waals surface area contributed by atoms with Gasteiger partial charge in [-0.2, -0.15) is 0 Å². The molecule has 1 aliphatic heterocycles. The first-order valence-corrected chi connectivity index (χ1v) is 6.38. The highest BCUT2D eigenvalue weighted by Crippen LogP contribution is 2.26. The lowest BCUT2D eigenvalue weighted by Crippen LogP contribution is -2.34. The van der Waals surface area contributed by atoms with Gasteiger partial charge in [-0.05, 0) is 32.6 Å². The zero-order chi connectivity index (χ0) is 13.3. The van der Waals surface area contributed by atoms with Gasteiger partial charge in [0.05, 0.1) is 16.3 Å². The number of carbonyl (C=O) groups is 1.